The van der Waals surface area contributed by atoms with Gasteiger partial charge in [0.1, 0.15) is 16.2 Å². The van der Waals surface area contributed by atoms with Crippen molar-refractivity contribution < 1.29 is 182 Å². The number of rotatable bonds is 13. The molecule has 0 atom stereocenters. The number of nitrogens with two attached hydrogens (primary N) is 1. The normalized spacial score (nSPS) is 16.8. The molecule has 18 nitrogen and oxygen atoms in total. The Hall–Kier alpha value is 0.259. The smallest absolute Gasteiger partial charge is 1.00 e. The van der Waals surface area contributed by atoms with Crippen molar-refractivity contribution in [1.82, 2.24) is 29.7 Å². The van der Waals surface area contributed by atoms with Crippen LogP contribution in [0.25, 0.3) is 32.7 Å². The van der Waals surface area contributed by atoms with E-state index >= 15 is 0 Å². The molecule has 0 saturated carbocycles. The summed E-state index contributed by atoms with van der Waals surface area (Å²) in [5, 5.41) is 18.5. The molecule has 3 fully saturated rings. The Bertz CT molecular complexity index is 2920. The van der Waals surface area contributed by atoms with Crippen molar-refractivity contribution in [2.75, 3.05) is 92.2 Å². The van der Waals surface area contributed by atoms with Gasteiger partial charge in [-0.3, -0.25) is 4.79 Å². The van der Waals surface area contributed by atoms with Crippen LogP contribution in [0.15, 0.2) is 105 Å². The topological polar surface area (TPSA) is 203 Å². The maximum absolute atomic E-state index is 8.64. The monoisotopic (exact) mass is 1620 g/mol. The van der Waals surface area contributed by atoms with Crippen molar-refractivity contribution in [2.24, 2.45) is 5.73 Å². The Balaban J connectivity index is 0. The molecule has 3 aliphatic rings. The van der Waals surface area contributed by atoms with E-state index in [1.165, 1.54) is 0 Å². The zero-order chi connectivity index (χ0) is 61.4. The van der Waals surface area contributed by atoms with E-state index in [-0.39, 0.29) is 194 Å². The predicted octanol–water partition coefficient (Wildman–Crippen LogP) is 4.82. The van der Waals surface area contributed by atoms with E-state index in [0.29, 0.717) is 0 Å². The van der Waals surface area contributed by atoms with Crippen LogP contribution >= 0.6 is 47.8 Å². The van der Waals surface area contributed by atoms with Crippen molar-refractivity contribution in [3.63, 3.8) is 0 Å². The SMILES string of the molecule is Brc1cc(Br)c2ccccc2n1.C.C.CC1(C)OB(B2OC(C)(C)C(C)(C)O2)OC1(C)C.CN(C)CCN.CN(C)CCNc1cc(B2OC(C)(C)C(C)(C)O2)c2ccccc2n1.CN(C)CCNc1cc(Br)c2ccccc2n1.O=CO[O-].[Cs+].[Cs+].[H-]. The van der Waals surface area contributed by atoms with Crippen LogP contribution in [0, 0.1) is 0 Å². The molecule has 3 saturated heterocycles. The molecule has 3 aromatic heterocycles. The molecule has 466 valence electrons. The van der Waals surface area contributed by atoms with Gasteiger partial charge in [0, 0.05) is 64.4 Å². The Morgan fingerprint density at radius 1 is 0.535 bits per heavy atom. The molecule has 6 heterocycles. The molecular formula is C60H95B3Br3Cs2N9O9. The van der Waals surface area contributed by atoms with Crippen molar-refractivity contribution in [3.8, 4) is 0 Å². The van der Waals surface area contributed by atoms with E-state index < -0.39 is 21.1 Å². The first-order chi connectivity index (χ1) is 38.2. The molecule has 86 heavy (non-hydrogen) atoms. The maximum Gasteiger partial charge on any atom is 1.00 e. The Labute approximate surface area is 660 Å². The molecule has 0 bridgehead atoms. The molecule has 6 aromatic rings. The van der Waals surface area contributed by atoms with E-state index in [4.69, 9.17) is 48.7 Å². The molecule has 0 unspecified atom stereocenters. The number of halogens is 3. The van der Waals surface area contributed by atoms with Gasteiger partial charge in [0.15, 0.2) is 0 Å². The van der Waals surface area contributed by atoms with E-state index in [1.807, 2.05) is 142 Å². The number of carbonyl (C=O) groups excluding carboxylic acids is 1. The molecule has 4 N–H and O–H groups in total. The van der Waals surface area contributed by atoms with E-state index in [1.54, 1.807) is 0 Å². The van der Waals surface area contributed by atoms with Gasteiger partial charge in [-0.1, -0.05) is 69.5 Å². The van der Waals surface area contributed by atoms with Crippen LogP contribution in [0.5, 0.6) is 0 Å². The van der Waals surface area contributed by atoms with Gasteiger partial charge >= 0.3 is 159 Å². The summed E-state index contributed by atoms with van der Waals surface area (Å²) in [4.78, 5) is 31.2. The van der Waals surface area contributed by atoms with Gasteiger partial charge in [-0.2, -0.15) is 0 Å². The first kappa shape index (κ1) is 86.3. The second kappa shape index (κ2) is 39.2. The van der Waals surface area contributed by atoms with Crippen LogP contribution in [0.1, 0.15) is 99.4 Å². The van der Waals surface area contributed by atoms with Crippen LogP contribution in [0.4, 0.5) is 11.6 Å². The van der Waals surface area contributed by atoms with Crippen LogP contribution < -0.4 is 165 Å². The fourth-order valence-electron chi connectivity index (χ4n) is 7.86. The number of para-hydroxylation sites is 3. The van der Waals surface area contributed by atoms with Crippen molar-refractivity contribution in [3.05, 3.63) is 105 Å². The minimum atomic E-state index is -0.476. The van der Waals surface area contributed by atoms with Gasteiger partial charge in [0.2, 0.25) is 0 Å². The summed E-state index contributed by atoms with van der Waals surface area (Å²) in [5.41, 5.74) is 7.01. The molecule has 3 aromatic carbocycles. The summed E-state index contributed by atoms with van der Waals surface area (Å²) in [6, 6.07) is 30.3. The third kappa shape index (κ3) is 25.9. The number of nitrogens with one attached hydrogen (secondary N) is 2. The van der Waals surface area contributed by atoms with E-state index in [0.717, 1.165) is 103 Å². The average molecular weight is 1620 g/mol. The zero-order valence-electron chi connectivity index (χ0n) is 54.3. The van der Waals surface area contributed by atoms with Gasteiger partial charge in [-0.15, -0.1) is 0 Å². The summed E-state index contributed by atoms with van der Waals surface area (Å²) in [7, 11) is 10.9. The van der Waals surface area contributed by atoms with Gasteiger partial charge in [-0.25, -0.2) is 15.0 Å². The largest absolute Gasteiger partial charge is 1.00 e. The molecule has 0 spiro atoms. The minimum absolute atomic E-state index is 0. The third-order valence-electron chi connectivity index (χ3n) is 14.7. The number of fused-ring (bicyclic) bond motifs is 3. The van der Waals surface area contributed by atoms with E-state index in [9.17, 15) is 0 Å². The fourth-order valence-corrected chi connectivity index (χ4v) is 9.69. The number of anilines is 2. The molecule has 3 aliphatic heterocycles. The second-order valence-corrected chi connectivity index (χ2v) is 26.2. The molecule has 9 rings (SSSR count). The number of nitrogens with zero attached hydrogens (tertiary/aromatic N) is 6. The molecule has 0 radical (unpaired) electrons. The van der Waals surface area contributed by atoms with Gasteiger partial charge in [-0.05, 0) is 215 Å². The first-order valence-electron chi connectivity index (χ1n) is 27.3. The summed E-state index contributed by atoms with van der Waals surface area (Å²) in [6.45, 7) is 29.7. The second-order valence-electron chi connectivity index (χ2n) is 23.6. The van der Waals surface area contributed by atoms with Crippen LogP contribution in [-0.4, -0.2) is 172 Å². The standard InChI is InChI=1S/C19H28BN3O2.C13H16BrN3.C12H24B2O4.C9H5Br2N.C4H12N2.CH2O3.2CH4.2Cs.H/c1-18(2)19(3,4)25-20(24-18)15-13-17(21-11-12-23(5)6)22-16-10-8-7-9-14(15)16;1-17(2)8-7-15-13-9-11(14)10-5-3-4-6-12(10)16-13;1-9(2)10(3,4)16-13(15-9)14-17-11(5,6)12(7,8)18-14;10-7-5-9(11)12-8-4-2-1-3-6(7)8;1-6(2)4-3-5;2-1-4-3;;;;;/h7-10,13H,11-12H2,1-6H3,(H,21,22);3-6,9H,7-8H2,1-2H3,(H,15,16);1-8H3;1-5H;3-5H2,1-2H3;1,3H;2*1H4;;;/q;;;;;;;;2*+1;-1/p-1. The van der Waals surface area contributed by atoms with Crippen LogP contribution in [-0.2, 0) is 37.6 Å². The molecule has 0 aliphatic carbocycles. The predicted molar refractivity (Wildman–Crippen MR) is 360 cm³/mol. The van der Waals surface area contributed by atoms with Gasteiger partial charge in [0.05, 0.1) is 50.2 Å². The number of benzene rings is 3. The number of hydrogen-bond acceptors (Lipinski definition) is 18. The summed E-state index contributed by atoms with van der Waals surface area (Å²) < 4.78 is 39.4. The van der Waals surface area contributed by atoms with E-state index in [2.05, 4.69) is 162 Å². The third-order valence-corrected chi connectivity index (χ3v) is 16.4. The summed E-state index contributed by atoms with van der Waals surface area (Å²) >= 11 is 10.4. The fraction of sp³-hybridized carbons (Fsp3) is 0.533. The quantitative estimate of drug-likeness (QED) is 0.0467. The number of hydrogen-bond donors (Lipinski definition) is 3. The zero-order valence-corrected chi connectivity index (χ0v) is 70.6. The number of likely N-dealkylation sites (N-methyl/N-ethyl adjacent to an activating group) is 3. The van der Waals surface area contributed by atoms with Crippen molar-refractivity contribution in [2.45, 2.75) is 132 Å². The van der Waals surface area contributed by atoms with Gasteiger partial charge in [0.25, 0.3) is 6.47 Å². The van der Waals surface area contributed by atoms with Gasteiger partial charge < -0.3 is 70.6 Å². The van der Waals surface area contributed by atoms with Crippen LogP contribution in [0.2, 0.25) is 0 Å². The Morgan fingerprint density at radius 2 is 0.849 bits per heavy atom. The number of aromatic nitrogens is 3. The maximum atomic E-state index is 8.64. The number of carbonyl (C=O) groups is 1. The van der Waals surface area contributed by atoms with Crippen molar-refractivity contribution in [1.29, 1.82) is 0 Å². The molecule has 26 heteroatoms. The Kier molecular flexibility index (Phi) is 39.3. The van der Waals surface area contributed by atoms with Crippen LogP contribution in [0.3, 0.4) is 0 Å². The molecule has 0 amide bonds. The number of pyridine rings is 3. The van der Waals surface area contributed by atoms with Crippen molar-refractivity contribution >= 4 is 125 Å². The summed E-state index contributed by atoms with van der Waals surface area (Å²) in [6.07, 6.45) is 0. The molecular weight excluding hydrogens is 1530 g/mol. The minimum Gasteiger partial charge on any atom is -1.00 e. The first-order valence-corrected chi connectivity index (χ1v) is 29.6. The average Bonchev–Trinajstić information content (AvgIpc) is 2.42. The Morgan fingerprint density at radius 3 is 1.20 bits per heavy atom. The summed E-state index contributed by atoms with van der Waals surface area (Å²) in [5.74, 6) is 1.77.